The Kier molecular flexibility index (Phi) is 6.79. The first-order chi connectivity index (χ1) is 12.7. The fraction of sp³-hybridized carbons (Fsp3) is 0.421. The van der Waals surface area contributed by atoms with Crippen LogP contribution < -0.4 is 0 Å². The lowest BCUT2D eigenvalue weighted by Gasteiger charge is -2.16. The van der Waals surface area contributed by atoms with Crippen LogP contribution in [0.3, 0.4) is 0 Å². The number of H-pyrrole nitrogens is 1. The van der Waals surface area contributed by atoms with Gasteiger partial charge in [0.1, 0.15) is 5.69 Å². The highest BCUT2D eigenvalue weighted by Gasteiger charge is 2.25. The molecular formula is C19H24N2O5S. The topological polar surface area (TPSA) is 88.7 Å². The van der Waals surface area contributed by atoms with E-state index in [1.807, 2.05) is 16.8 Å². The summed E-state index contributed by atoms with van der Waals surface area (Å²) in [6.07, 6.45) is -0.266. The van der Waals surface area contributed by atoms with Crippen molar-refractivity contribution in [3.8, 4) is 0 Å². The molecule has 2 heterocycles. The molecule has 0 aliphatic rings. The highest BCUT2D eigenvalue weighted by molar-refractivity contribution is 7.07. The molecule has 2 aromatic heterocycles. The molecule has 1 amide bonds. The Morgan fingerprint density at radius 3 is 2.52 bits per heavy atom. The monoisotopic (exact) mass is 392 g/mol. The summed E-state index contributed by atoms with van der Waals surface area (Å²) >= 11 is 1.55. The normalized spacial score (nSPS) is 10.7. The number of esters is 2. The average molecular weight is 392 g/mol. The fourth-order valence-electron chi connectivity index (χ4n) is 2.59. The lowest BCUT2D eigenvalue weighted by Crippen LogP contribution is -2.30. The van der Waals surface area contributed by atoms with Crippen LogP contribution >= 0.6 is 11.3 Å². The molecule has 0 saturated carbocycles. The van der Waals surface area contributed by atoms with Crippen molar-refractivity contribution in [1.29, 1.82) is 0 Å². The van der Waals surface area contributed by atoms with E-state index >= 15 is 0 Å². The molecular weight excluding hydrogens is 368 g/mol. The summed E-state index contributed by atoms with van der Waals surface area (Å²) < 4.78 is 10.3. The number of hydrogen-bond acceptors (Lipinski definition) is 6. The third-order valence-electron chi connectivity index (χ3n) is 3.94. The van der Waals surface area contributed by atoms with Gasteiger partial charge in [-0.2, -0.15) is 11.3 Å². The zero-order chi connectivity index (χ0) is 20.1. The number of rotatable bonds is 7. The highest BCUT2D eigenvalue weighted by atomic mass is 32.1. The molecule has 0 radical (unpaired) electrons. The van der Waals surface area contributed by atoms with Gasteiger partial charge in [-0.15, -0.1) is 0 Å². The molecule has 0 bridgehead atoms. The van der Waals surface area contributed by atoms with E-state index in [2.05, 4.69) is 4.98 Å². The Morgan fingerprint density at radius 1 is 1.22 bits per heavy atom. The molecule has 146 valence electrons. The molecule has 0 saturated heterocycles. The standard InChI is InChI=1S/C19H24N2O5S/c1-11(2)26-18(23)16-12(3)17(20-13(16)4)19(24)25-9-15(22)21(5)8-14-6-7-27-10-14/h6-7,10-11,20H,8-9H2,1-5H3. The van der Waals surface area contributed by atoms with E-state index in [9.17, 15) is 14.4 Å². The number of aromatic amines is 1. The molecule has 2 aromatic rings. The van der Waals surface area contributed by atoms with E-state index in [-0.39, 0.29) is 24.3 Å². The van der Waals surface area contributed by atoms with Crippen LogP contribution in [0.5, 0.6) is 0 Å². The van der Waals surface area contributed by atoms with E-state index < -0.39 is 11.9 Å². The van der Waals surface area contributed by atoms with E-state index in [0.717, 1.165) is 5.56 Å². The molecule has 0 atom stereocenters. The minimum Gasteiger partial charge on any atom is -0.459 e. The number of aromatic nitrogens is 1. The molecule has 0 spiro atoms. The SMILES string of the molecule is Cc1[nH]c(C(=O)OCC(=O)N(C)Cc2ccsc2)c(C)c1C(=O)OC(C)C. The molecule has 0 aliphatic heterocycles. The highest BCUT2D eigenvalue weighted by Crippen LogP contribution is 2.20. The number of likely N-dealkylation sites (N-methyl/N-ethyl adjacent to an activating group) is 1. The largest absolute Gasteiger partial charge is 0.459 e. The summed E-state index contributed by atoms with van der Waals surface area (Å²) in [6.45, 7) is 6.90. The van der Waals surface area contributed by atoms with Gasteiger partial charge < -0.3 is 19.4 Å². The van der Waals surface area contributed by atoms with Gasteiger partial charge in [-0.25, -0.2) is 9.59 Å². The number of thiophene rings is 1. The Morgan fingerprint density at radius 2 is 1.93 bits per heavy atom. The second-order valence-corrected chi connectivity index (χ2v) is 7.32. The maximum absolute atomic E-state index is 12.3. The van der Waals surface area contributed by atoms with Crippen LogP contribution in [-0.2, 0) is 20.8 Å². The lowest BCUT2D eigenvalue weighted by molar-refractivity contribution is -0.133. The second kappa shape index (κ2) is 8.85. The second-order valence-electron chi connectivity index (χ2n) is 6.54. The summed E-state index contributed by atoms with van der Waals surface area (Å²) in [7, 11) is 1.65. The van der Waals surface area contributed by atoms with Crippen molar-refractivity contribution in [3.05, 3.63) is 44.9 Å². The first-order valence-corrected chi connectivity index (χ1v) is 9.47. The zero-order valence-corrected chi connectivity index (χ0v) is 16.9. The van der Waals surface area contributed by atoms with Crippen LogP contribution in [0.1, 0.15) is 51.5 Å². The first kappa shape index (κ1) is 20.7. The molecule has 27 heavy (non-hydrogen) atoms. The zero-order valence-electron chi connectivity index (χ0n) is 16.1. The van der Waals surface area contributed by atoms with Gasteiger partial charge in [0.2, 0.25) is 0 Å². The summed E-state index contributed by atoms with van der Waals surface area (Å²) in [5, 5.41) is 3.89. The predicted molar refractivity (Wildman–Crippen MR) is 102 cm³/mol. The van der Waals surface area contributed by atoms with Crippen molar-refractivity contribution in [2.75, 3.05) is 13.7 Å². The molecule has 0 fully saturated rings. The number of ether oxygens (including phenoxy) is 2. The van der Waals surface area contributed by atoms with Crippen LogP contribution in [-0.4, -0.2) is 47.5 Å². The van der Waals surface area contributed by atoms with Crippen LogP contribution in [0, 0.1) is 13.8 Å². The van der Waals surface area contributed by atoms with Gasteiger partial charge in [0, 0.05) is 19.3 Å². The Hall–Kier alpha value is -2.61. The van der Waals surface area contributed by atoms with Gasteiger partial charge in [-0.1, -0.05) is 0 Å². The molecule has 0 aliphatic carbocycles. The van der Waals surface area contributed by atoms with Crippen molar-refractivity contribution in [2.45, 2.75) is 40.3 Å². The van der Waals surface area contributed by atoms with Gasteiger partial charge in [0.25, 0.3) is 5.91 Å². The Bertz CT molecular complexity index is 824. The Labute approximate surface area is 162 Å². The molecule has 2 rings (SSSR count). The van der Waals surface area contributed by atoms with Crippen molar-refractivity contribution >= 4 is 29.2 Å². The number of aryl methyl sites for hydroxylation is 1. The first-order valence-electron chi connectivity index (χ1n) is 8.53. The third-order valence-corrected chi connectivity index (χ3v) is 4.67. The fourth-order valence-corrected chi connectivity index (χ4v) is 3.25. The minimum atomic E-state index is -0.684. The van der Waals surface area contributed by atoms with Gasteiger partial charge in [-0.05, 0) is 55.6 Å². The predicted octanol–water partition coefficient (Wildman–Crippen LogP) is 3.07. The van der Waals surface area contributed by atoms with Crippen molar-refractivity contribution < 1.29 is 23.9 Å². The molecule has 1 N–H and O–H groups in total. The minimum absolute atomic E-state index is 0.150. The molecule has 7 nitrogen and oxygen atoms in total. The smallest absolute Gasteiger partial charge is 0.355 e. The van der Waals surface area contributed by atoms with Crippen LogP contribution in [0.2, 0.25) is 0 Å². The Balaban J connectivity index is 1.99. The van der Waals surface area contributed by atoms with Gasteiger partial charge in [-0.3, -0.25) is 4.79 Å². The number of nitrogens with zero attached hydrogens (tertiary/aromatic N) is 1. The molecule has 0 unspecified atom stereocenters. The van der Waals surface area contributed by atoms with Crippen molar-refractivity contribution in [1.82, 2.24) is 9.88 Å². The lowest BCUT2D eigenvalue weighted by atomic mass is 10.1. The van der Waals surface area contributed by atoms with Crippen molar-refractivity contribution in [3.63, 3.8) is 0 Å². The van der Waals surface area contributed by atoms with Crippen LogP contribution in [0.25, 0.3) is 0 Å². The maximum Gasteiger partial charge on any atom is 0.355 e. The van der Waals surface area contributed by atoms with Gasteiger partial charge in [0.15, 0.2) is 6.61 Å². The number of nitrogens with one attached hydrogen (secondary N) is 1. The van der Waals surface area contributed by atoms with Crippen LogP contribution in [0.4, 0.5) is 0 Å². The van der Waals surface area contributed by atoms with E-state index in [4.69, 9.17) is 9.47 Å². The van der Waals surface area contributed by atoms with E-state index in [1.54, 1.807) is 46.1 Å². The summed E-state index contributed by atoms with van der Waals surface area (Å²) in [6, 6.07) is 1.93. The molecule has 0 aromatic carbocycles. The number of carbonyl (C=O) groups excluding carboxylic acids is 3. The van der Waals surface area contributed by atoms with E-state index in [1.165, 1.54) is 4.90 Å². The summed E-state index contributed by atoms with van der Waals surface area (Å²) in [5.74, 6) is -1.49. The number of hydrogen-bond donors (Lipinski definition) is 1. The maximum atomic E-state index is 12.3. The number of amides is 1. The summed E-state index contributed by atoms with van der Waals surface area (Å²) in [5.41, 5.74) is 2.45. The van der Waals surface area contributed by atoms with Gasteiger partial charge >= 0.3 is 11.9 Å². The van der Waals surface area contributed by atoms with Gasteiger partial charge in [0.05, 0.1) is 11.7 Å². The quantitative estimate of drug-likeness (QED) is 0.732. The third kappa shape index (κ3) is 5.19. The van der Waals surface area contributed by atoms with E-state index in [0.29, 0.717) is 23.4 Å². The van der Waals surface area contributed by atoms with Crippen LogP contribution in [0.15, 0.2) is 16.8 Å². The average Bonchev–Trinajstić information content (AvgIpc) is 3.19. The number of carbonyl (C=O) groups is 3. The summed E-state index contributed by atoms with van der Waals surface area (Å²) in [4.78, 5) is 41.0. The molecule has 8 heteroatoms. The van der Waals surface area contributed by atoms with Crippen molar-refractivity contribution in [2.24, 2.45) is 0 Å².